The number of hydrogen-bond acceptors (Lipinski definition) is 4. The summed E-state index contributed by atoms with van der Waals surface area (Å²) in [6.07, 6.45) is 4.53. The monoisotopic (exact) mass is 403 g/mol. The maximum atomic E-state index is 14.4. The quantitative estimate of drug-likeness (QED) is 0.693. The molecular formula is C23H22FN5O. The Hall–Kier alpha value is -3.48. The van der Waals surface area contributed by atoms with Gasteiger partial charge in [-0.15, -0.1) is 0 Å². The van der Waals surface area contributed by atoms with Crippen LogP contribution in [0.25, 0.3) is 5.57 Å². The van der Waals surface area contributed by atoms with Gasteiger partial charge in [0.15, 0.2) is 0 Å². The predicted octanol–water partition coefficient (Wildman–Crippen LogP) is 3.90. The summed E-state index contributed by atoms with van der Waals surface area (Å²) in [4.78, 5) is 17.3. The molecule has 3 heterocycles. The Bertz CT molecular complexity index is 1140. The van der Waals surface area contributed by atoms with Crippen molar-refractivity contribution >= 4 is 17.2 Å². The summed E-state index contributed by atoms with van der Waals surface area (Å²) in [7, 11) is 0. The van der Waals surface area contributed by atoms with Crippen LogP contribution in [0.2, 0.25) is 0 Å². The number of nitrogens with zero attached hydrogens (tertiary/aromatic N) is 3. The van der Waals surface area contributed by atoms with Gasteiger partial charge < -0.3 is 10.6 Å². The topological polar surface area (TPSA) is 71.8 Å². The summed E-state index contributed by atoms with van der Waals surface area (Å²) in [5.74, 6) is -0.0524. The van der Waals surface area contributed by atoms with Gasteiger partial charge in [0.2, 0.25) is 0 Å². The third-order valence-corrected chi connectivity index (χ3v) is 5.72. The molecular weight excluding hydrogens is 381 g/mol. The van der Waals surface area contributed by atoms with Crippen molar-refractivity contribution in [3.05, 3.63) is 83.2 Å². The fourth-order valence-electron chi connectivity index (χ4n) is 4.50. The Morgan fingerprint density at radius 3 is 2.87 bits per heavy atom. The fraction of sp³-hybridized carbons (Fsp3) is 0.261. The van der Waals surface area contributed by atoms with Crippen molar-refractivity contribution in [2.24, 2.45) is 0 Å². The summed E-state index contributed by atoms with van der Waals surface area (Å²) in [6.45, 7) is 3.23. The summed E-state index contributed by atoms with van der Waals surface area (Å²) < 4.78 is 16.3. The second kappa shape index (κ2) is 7.40. The molecule has 1 amide bonds. The van der Waals surface area contributed by atoms with E-state index in [-0.39, 0.29) is 17.9 Å². The Kier molecular flexibility index (Phi) is 4.58. The summed E-state index contributed by atoms with van der Waals surface area (Å²) >= 11 is 0. The number of halogens is 1. The maximum Gasteiger partial charge on any atom is 0.252 e. The van der Waals surface area contributed by atoms with Crippen molar-refractivity contribution in [3.8, 4) is 0 Å². The van der Waals surface area contributed by atoms with Crippen LogP contribution in [0.4, 0.5) is 10.1 Å². The van der Waals surface area contributed by atoms with Crippen LogP contribution in [0.3, 0.4) is 0 Å². The zero-order valence-electron chi connectivity index (χ0n) is 16.6. The zero-order valence-corrected chi connectivity index (χ0v) is 16.6. The number of carbonyl (C=O) groups excluding carboxylic acids is 1. The predicted molar refractivity (Wildman–Crippen MR) is 113 cm³/mol. The lowest BCUT2D eigenvalue weighted by molar-refractivity contribution is 0.0958. The molecule has 2 atom stereocenters. The van der Waals surface area contributed by atoms with Crippen LogP contribution in [0, 0.1) is 5.82 Å². The van der Waals surface area contributed by atoms with Crippen LogP contribution in [-0.4, -0.2) is 27.2 Å². The van der Waals surface area contributed by atoms with E-state index in [0.717, 1.165) is 35.5 Å². The highest BCUT2D eigenvalue weighted by Crippen LogP contribution is 2.50. The summed E-state index contributed by atoms with van der Waals surface area (Å²) in [6, 6.07) is 12.7. The number of aromatic nitrogens is 3. The number of benzene rings is 2. The van der Waals surface area contributed by atoms with Gasteiger partial charge in [-0.1, -0.05) is 43.3 Å². The summed E-state index contributed by atoms with van der Waals surface area (Å²) in [5.41, 5.74) is 3.75. The molecule has 0 radical (unpaired) electrons. The average molecular weight is 403 g/mol. The number of amides is 1. The van der Waals surface area contributed by atoms with Gasteiger partial charge >= 0.3 is 0 Å². The first-order valence-electron chi connectivity index (χ1n) is 10.2. The molecule has 152 valence electrons. The van der Waals surface area contributed by atoms with Gasteiger partial charge in [0.25, 0.3) is 5.91 Å². The molecule has 30 heavy (non-hydrogen) atoms. The highest BCUT2D eigenvalue weighted by molar-refractivity contribution is 6.04. The zero-order chi connectivity index (χ0) is 20.7. The maximum absolute atomic E-state index is 14.4. The van der Waals surface area contributed by atoms with E-state index in [2.05, 4.69) is 39.8 Å². The van der Waals surface area contributed by atoms with Gasteiger partial charge in [-0.2, -0.15) is 5.10 Å². The van der Waals surface area contributed by atoms with Gasteiger partial charge in [0, 0.05) is 24.3 Å². The van der Waals surface area contributed by atoms with Crippen LogP contribution in [0.5, 0.6) is 0 Å². The molecule has 7 heteroatoms. The lowest BCUT2D eigenvalue weighted by Crippen LogP contribution is -2.29. The molecule has 0 saturated heterocycles. The Labute approximate surface area is 173 Å². The van der Waals surface area contributed by atoms with Crippen LogP contribution in [0.1, 0.15) is 52.6 Å². The van der Waals surface area contributed by atoms with E-state index in [1.54, 1.807) is 6.33 Å². The molecule has 1 aromatic heterocycles. The van der Waals surface area contributed by atoms with Crippen LogP contribution < -0.4 is 10.6 Å². The Morgan fingerprint density at radius 2 is 2.07 bits per heavy atom. The number of carbonyl (C=O) groups is 1. The van der Waals surface area contributed by atoms with Crippen molar-refractivity contribution in [2.45, 2.75) is 31.8 Å². The first-order chi connectivity index (χ1) is 14.7. The highest BCUT2D eigenvalue weighted by Gasteiger charge is 2.40. The standard InChI is InChI=1S/C23H22FN5O/c1-2-10-29-22(26-13-27-29)20-16-8-9-25-23(30)17-11-15(24)12-18(19(16)17)28-21(20)14-6-4-3-5-7-14/h3-8,11-13,20-21,28H,2,9-10H2,1H3,(H,25,30). The molecule has 0 saturated carbocycles. The third kappa shape index (κ3) is 2.98. The summed E-state index contributed by atoms with van der Waals surface area (Å²) in [5, 5.41) is 10.8. The molecule has 5 rings (SSSR count). The minimum atomic E-state index is -0.438. The molecule has 2 aliphatic heterocycles. The van der Waals surface area contributed by atoms with Crippen LogP contribution >= 0.6 is 0 Å². The molecule has 2 aliphatic rings. The van der Waals surface area contributed by atoms with Gasteiger partial charge in [0.05, 0.1) is 17.5 Å². The average Bonchev–Trinajstić information content (AvgIpc) is 3.14. The smallest absolute Gasteiger partial charge is 0.252 e. The number of hydrogen-bond donors (Lipinski definition) is 2. The number of nitrogens with one attached hydrogen (secondary N) is 2. The van der Waals surface area contributed by atoms with Crippen molar-refractivity contribution in [2.75, 3.05) is 11.9 Å². The number of anilines is 1. The van der Waals surface area contributed by atoms with Crippen molar-refractivity contribution < 1.29 is 9.18 Å². The highest BCUT2D eigenvalue weighted by atomic mass is 19.1. The number of rotatable bonds is 4. The van der Waals surface area contributed by atoms with Gasteiger partial charge in [0.1, 0.15) is 18.0 Å². The van der Waals surface area contributed by atoms with Gasteiger partial charge in [-0.05, 0) is 29.7 Å². The van der Waals surface area contributed by atoms with E-state index >= 15 is 0 Å². The van der Waals surface area contributed by atoms with E-state index in [0.29, 0.717) is 17.8 Å². The molecule has 0 fully saturated rings. The molecule has 2 unspecified atom stereocenters. The van der Waals surface area contributed by atoms with Gasteiger partial charge in [-0.25, -0.2) is 14.1 Å². The first kappa shape index (κ1) is 18.5. The van der Waals surface area contributed by atoms with Crippen molar-refractivity contribution in [1.82, 2.24) is 20.1 Å². The fourth-order valence-corrected chi connectivity index (χ4v) is 4.50. The van der Waals surface area contributed by atoms with Crippen molar-refractivity contribution in [3.63, 3.8) is 0 Å². The largest absolute Gasteiger partial charge is 0.377 e. The molecule has 2 aromatic carbocycles. The van der Waals surface area contributed by atoms with E-state index in [1.807, 2.05) is 29.0 Å². The van der Waals surface area contributed by atoms with Crippen LogP contribution in [0.15, 0.2) is 54.9 Å². The lowest BCUT2D eigenvalue weighted by Gasteiger charge is -2.37. The van der Waals surface area contributed by atoms with Crippen LogP contribution in [-0.2, 0) is 6.54 Å². The SMILES string of the molecule is CCCn1ncnc1C1C2=CCNC(=O)c3cc(F)cc(c32)NC1c1ccccc1. The minimum Gasteiger partial charge on any atom is -0.377 e. The lowest BCUT2D eigenvalue weighted by atomic mass is 9.77. The van der Waals surface area contributed by atoms with Crippen molar-refractivity contribution in [1.29, 1.82) is 0 Å². The molecule has 0 aliphatic carbocycles. The minimum absolute atomic E-state index is 0.174. The normalized spacial score (nSPS) is 19.9. The first-order valence-corrected chi connectivity index (χ1v) is 10.2. The van der Waals surface area contributed by atoms with E-state index in [1.165, 1.54) is 12.1 Å². The number of aryl methyl sites for hydroxylation is 1. The van der Waals surface area contributed by atoms with E-state index in [4.69, 9.17) is 0 Å². The Balaban J connectivity index is 1.76. The van der Waals surface area contributed by atoms with E-state index in [9.17, 15) is 9.18 Å². The second-order valence-electron chi connectivity index (χ2n) is 7.60. The van der Waals surface area contributed by atoms with E-state index < -0.39 is 5.82 Å². The molecule has 3 aromatic rings. The molecule has 0 spiro atoms. The molecule has 2 N–H and O–H groups in total. The Morgan fingerprint density at radius 1 is 1.23 bits per heavy atom. The second-order valence-corrected chi connectivity index (χ2v) is 7.60. The molecule has 6 nitrogen and oxygen atoms in total. The van der Waals surface area contributed by atoms with Gasteiger partial charge in [-0.3, -0.25) is 4.79 Å². The molecule has 0 bridgehead atoms. The third-order valence-electron chi connectivity index (χ3n) is 5.72.